The maximum absolute atomic E-state index is 12.3. The summed E-state index contributed by atoms with van der Waals surface area (Å²) in [6.45, 7) is 1.72. The number of benzene rings is 1. The molecular weight excluding hydrogens is 296 g/mol. The third kappa shape index (κ3) is 3.64. The number of amides is 2. The fourth-order valence-corrected chi connectivity index (χ4v) is 3.06. The molecule has 1 aromatic rings. The molecule has 6 heteroatoms. The molecule has 23 heavy (non-hydrogen) atoms. The predicted octanol–water partition coefficient (Wildman–Crippen LogP) is 1.34. The highest BCUT2D eigenvalue weighted by atomic mass is 16.5. The summed E-state index contributed by atoms with van der Waals surface area (Å²) < 4.78 is 10.6. The second-order valence-electron chi connectivity index (χ2n) is 5.98. The molecule has 2 heterocycles. The highest BCUT2D eigenvalue weighted by Gasteiger charge is 2.35. The Kier molecular flexibility index (Phi) is 4.81. The fourth-order valence-electron chi connectivity index (χ4n) is 3.06. The molecule has 0 aromatic heterocycles. The van der Waals surface area contributed by atoms with Crippen LogP contribution >= 0.6 is 0 Å². The van der Waals surface area contributed by atoms with Crippen LogP contribution in [0, 0.1) is 5.92 Å². The number of methoxy groups -OCH3 is 1. The van der Waals surface area contributed by atoms with Crippen LogP contribution in [0.3, 0.4) is 0 Å². The monoisotopic (exact) mass is 318 g/mol. The molecule has 1 N–H and O–H groups in total. The number of carbonyl (C=O) groups is 2. The van der Waals surface area contributed by atoms with Gasteiger partial charge in [-0.2, -0.15) is 0 Å². The zero-order valence-corrected chi connectivity index (χ0v) is 13.3. The summed E-state index contributed by atoms with van der Waals surface area (Å²) in [5, 5.41) is 2.91. The van der Waals surface area contributed by atoms with E-state index in [4.69, 9.17) is 9.47 Å². The van der Waals surface area contributed by atoms with Gasteiger partial charge in [0.25, 0.3) is 0 Å². The van der Waals surface area contributed by atoms with Crippen LogP contribution in [0.1, 0.15) is 19.3 Å². The van der Waals surface area contributed by atoms with Crippen molar-refractivity contribution in [3.8, 4) is 5.75 Å². The second-order valence-corrected chi connectivity index (χ2v) is 5.98. The first kappa shape index (κ1) is 15.8. The van der Waals surface area contributed by atoms with Crippen molar-refractivity contribution in [2.45, 2.75) is 25.4 Å². The van der Waals surface area contributed by atoms with Crippen molar-refractivity contribution in [1.29, 1.82) is 0 Å². The molecule has 2 atom stereocenters. The maximum atomic E-state index is 12.3. The van der Waals surface area contributed by atoms with E-state index in [0.717, 1.165) is 30.9 Å². The first-order chi connectivity index (χ1) is 11.2. The Morgan fingerprint density at radius 3 is 2.83 bits per heavy atom. The fraction of sp³-hybridized carbons (Fsp3) is 0.529. The van der Waals surface area contributed by atoms with E-state index in [2.05, 4.69) is 5.32 Å². The molecule has 2 aliphatic heterocycles. The van der Waals surface area contributed by atoms with Crippen LogP contribution in [0.5, 0.6) is 5.75 Å². The van der Waals surface area contributed by atoms with Gasteiger partial charge in [0, 0.05) is 31.8 Å². The van der Waals surface area contributed by atoms with E-state index in [-0.39, 0.29) is 30.3 Å². The number of anilines is 1. The zero-order valence-electron chi connectivity index (χ0n) is 13.3. The van der Waals surface area contributed by atoms with Gasteiger partial charge in [-0.05, 0) is 37.1 Å². The minimum Gasteiger partial charge on any atom is -0.497 e. The van der Waals surface area contributed by atoms with Crippen LogP contribution in [0.2, 0.25) is 0 Å². The first-order valence-electron chi connectivity index (χ1n) is 8.01. The molecule has 1 aromatic carbocycles. The van der Waals surface area contributed by atoms with Gasteiger partial charge in [0.15, 0.2) is 0 Å². The smallest absolute Gasteiger partial charge is 0.227 e. The molecule has 2 saturated heterocycles. The minimum atomic E-state index is -0.300. The zero-order chi connectivity index (χ0) is 16.2. The van der Waals surface area contributed by atoms with Crippen LogP contribution < -0.4 is 15.0 Å². The molecule has 0 spiro atoms. The van der Waals surface area contributed by atoms with Crippen molar-refractivity contribution < 1.29 is 19.1 Å². The summed E-state index contributed by atoms with van der Waals surface area (Å²) in [5.41, 5.74) is 0.797. The molecule has 124 valence electrons. The van der Waals surface area contributed by atoms with Gasteiger partial charge in [-0.3, -0.25) is 9.59 Å². The number of nitrogens with one attached hydrogen (secondary N) is 1. The maximum Gasteiger partial charge on any atom is 0.227 e. The molecule has 2 aliphatic rings. The van der Waals surface area contributed by atoms with Crippen molar-refractivity contribution in [3.05, 3.63) is 24.3 Å². The molecule has 0 bridgehead atoms. The van der Waals surface area contributed by atoms with Gasteiger partial charge in [-0.15, -0.1) is 0 Å². The second kappa shape index (κ2) is 7.00. The van der Waals surface area contributed by atoms with Gasteiger partial charge in [-0.1, -0.05) is 0 Å². The third-order valence-electron chi connectivity index (χ3n) is 4.41. The van der Waals surface area contributed by atoms with Crippen LogP contribution in [0.4, 0.5) is 5.69 Å². The molecule has 0 saturated carbocycles. The Morgan fingerprint density at radius 1 is 1.39 bits per heavy atom. The van der Waals surface area contributed by atoms with Crippen LogP contribution in [0.25, 0.3) is 0 Å². The summed E-state index contributed by atoms with van der Waals surface area (Å²) in [4.78, 5) is 26.1. The van der Waals surface area contributed by atoms with Gasteiger partial charge >= 0.3 is 0 Å². The average Bonchev–Trinajstić information content (AvgIpc) is 3.22. The number of ether oxygens (including phenoxy) is 2. The Balaban J connectivity index is 1.56. The number of carbonyl (C=O) groups excluding carboxylic acids is 2. The molecule has 2 amide bonds. The van der Waals surface area contributed by atoms with E-state index in [1.807, 2.05) is 24.3 Å². The molecular formula is C17H22N2O4. The van der Waals surface area contributed by atoms with Crippen molar-refractivity contribution in [2.75, 3.05) is 31.7 Å². The minimum absolute atomic E-state index is 0.0209. The van der Waals surface area contributed by atoms with Crippen molar-refractivity contribution >= 4 is 17.5 Å². The number of hydrogen-bond donors (Lipinski definition) is 1. The van der Waals surface area contributed by atoms with Crippen molar-refractivity contribution in [1.82, 2.24) is 5.32 Å². The highest BCUT2D eigenvalue weighted by Crippen LogP contribution is 2.27. The average molecular weight is 318 g/mol. The Hall–Kier alpha value is -2.08. The standard InChI is InChI=1S/C17H22N2O4/c1-22-14-6-4-13(5-7-14)19-11-12(9-16(19)20)17(21)18-10-15-3-2-8-23-15/h4-7,12,15H,2-3,8-11H2,1H3,(H,18,21)/t12-,15-/m1/s1. The molecule has 0 radical (unpaired) electrons. The van der Waals surface area contributed by atoms with Crippen LogP contribution in [-0.2, 0) is 14.3 Å². The summed E-state index contributed by atoms with van der Waals surface area (Å²) >= 11 is 0. The van der Waals surface area contributed by atoms with E-state index >= 15 is 0 Å². The summed E-state index contributed by atoms with van der Waals surface area (Å²) in [6, 6.07) is 7.30. The molecule has 0 aliphatic carbocycles. The largest absolute Gasteiger partial charge is 0.497 e. The van der Waals surface area contributed by atoms with E-state index in [1.54, 1.807) is 12.0 Å². The lowest BCUT2D eigenvalue weighted by Crippen LogP contribution is -2.37. The topological polar surface area (TPSA) is 67.9 Å². The van der Waals surface area contributed by atoms with Crippen LogP contribution in [-0.4, -0.2) is 44.7 Å². The summed E-state index contributed by atoms with van der Waals surface area (Å²) in [6.07, 6.45) is 2.41. The number of rotatable bonds is 5. The van der Waals surface area contributed by atoms with E-state index in [0.29, 0.717) is 13.1 Å². The lowest BCUT2D eigenvalue weighted by Gasteiger charge is -2.17. The molecule has 2 fully saturated rings. The van der Waals surface area contributed by atoms with Gasteiger partial charge in [0.1, 0.15) is 5.75 Å². The predicted molar refractivity (Wildman–Crippen MR) is 85.4 cm³/mol. The number of hydrogen-bond acceptors (Lipinski definition) is 4. The quantitative estimate of drug-likeness (QED) is 0.890. The Bertz CT molecular complexity index is 566. The van der Waals surface area contributed by atoms with Crippen molar-refractivity contribution in [2.24, 2.45) is 5.92 Å². The van der Waals surface area contributed by atoms with E-state index < -0.39 is 0 Å². The summed E-state index contributed by atoms with van der Waals surface area (Å²) in [7, 11) is 1.60. The van der Waals surface area contributed by atoms with Gasteiger partial charge in [-0.25, -0.2) is 0 Å². The van der Waals surface area contributed by atoms with E-state index in [9.17, 15) is 9.59 Å². The molecule has 3 rings (SSSR count). The third-order valence-corrected chi connectivity index (χ3v) is 4.41. The lowest BCUT2D eigenvalue weighted by molar-refractivity contribution is -0.126. The van der Waals surface area contributed by atoms with E-state index in [1.165, 1.54) is 0 Å². The molecule has 6 nitrogen and oxygen atoms in total. The van der Waals surface area contributed by atoms with Crippen molar-refractivity contribution in [3.63, 3.8) is 0 Å². The Labute approximate surface area is 135 Å². The summed E-state index contributed by atoms with van der Waals surface area (Å²) in [5.74, 6) is 0.356. The van der Waals surface area contributed by atoms with Gasteiger partial charge in [0.05, 0.1) is 19.1 Å². The Morgan fingerprint density at radius 2 is 2.17 bits per heavy atom. The SMILES string of the molecule is COc1ccc(N2C[C@H](C(=O)NC[C@H]3CCCO3)CC2=O)cc1. The molecule has 0 unspecified atom stereocenters. The normalized spacial score (nSPS) is 24.0. The highest BCUT2D eigenvalue weighted by molar-refractivity contribution is 6.00. The van der Waals surface area contributed by atoms with Crippen LogP contribution in [0.15, 0.2) is 24.3 Å². The lowest BCUT2D eigenvalue weighted by atomic mass is 10.1. The first-order valence-corrected chi connectivity index (χ1v) is 8.01. The van der Waals surface area contributed by atoms with Gasteiger partial charge < -0.3 is 19.7 Å². The number of nitrogens with zero attached hydrogens (tertiary/aromatic N) is 1. The van der Waals surface area contributed by atoms with Gasteiger partial charge in [0.2, 0.25) is 11.8 Å².